The van der Waals surface area contributed by atoms with Crippen LogP contribution in [0, 0.1) is 5.41 Å². The minimum Gasteiger partial charge on any atom is -0.481 e. The van der Waals surface area contributed by atoms with Gasteiger partial charge in [-0.25, -0.2) is 0 Å². The number of carbonyl (C=O) groups is 4. The Kier molecular flexibility index (Phi) is 11.4. The average Bonchev–Trinajstić information content (AvgIpc) is 2.88. The summed E-state index contributed by atoms with van der Waals surface area (Å²) in [6, 6.07) is 13.0. The molecule has 0 spiro atoms. The summed E-state index contributed by atoms with van der Waals surface area (Å²) in [5.74, 6) is -4.59. The van der Waals surface area contributed by atoms with Gasteiger partial charge >= 0.3 is 5.97 Å². The lowest BCUT2D eigenvalue weighted by Crippen LogP contribution is -2.54. The SMILES string of the molecule is N=C(N)c1ccc(C[C@@H](C(=O)N[C@@H](CC(=O)O)C(=O)N[C@@H](CCCN=C(N)N)C(N)=O)c2ccccc2)cc1. The van der Waals surface area contributed by atoms with Crippen LogP contribution in [-0.2, 0) is 25.6 Å². The highest BCUT2D eigenvalue weighted by Gasteiger charge is 2.30. The molecular weight excluding hydrogens is 504 g/mol. The molecule has 0 radical (unpaired) electrons. The molecule has 0 saturated heterocycles. The molecule has 2 rings (SSSR count). The summed E-state index contributed by atoms with van der Waals surface area (Å²) in [6.07, 6.45) is -0.0647. The number of hydrogen-bond acceptors (Lipinski definition) is 6. The first-order valence-electron chi connectivity index (χ1n) is 12.1. The Morgan fingerprint density at radius 2 is 1.49 bits per heavy atom. The van der Waals surface area contributed by atoms with Gasteiger partial charge in [-0.15, -0.1) is 0 Å². The highest BCUT2D eigenvalue weighted by atomic mass is 16.4. The quantitative estimate of drug-likeness (QED) is 0.0813. The predicted octanol–water partition coefficient (Wildman–Crippen LogP) is -0.720. The number of nitrogens with one attached hydrogen (secondary N) is 3. The zero-order valence-corrected chi connectivity index (χ0v) is 21.3. The van der Waals surface area contributed by atoms with Crippen molar-refractivity contribution in [3.8, 4) is 0 Å². The maximum Gasteiger partial charge on any atom is 0.305 e. The molecule has 208 valence electrons. The molecule has 0 heterocycles. The van der Waals surface area contributed by atoms with Crippen LogP contribution in [0.15, 0.2) is 59.6 Å². The summed E-state index contributed by atoms with van der Waals surface area (Å²) in [7, 11) is 0. The third kappa shape index (κ3) is 10.1. The molecule has 0 unspecified atom stereocenters. The monoisotopic (exact) mass is 538 g/mol. The number of amidine groups is 1. The van der Waals surface area contributed by atoms with Gasteiger partial charge in [-0.05, 0) is 30.4 Å². The molecule has 0 bridgehead atoms. The number of guanidine groups is 1. The number of carboxylic acids is 1. The fourth-order valence-electron chi connectivity index (χ4n) is 3.82. The van der Waals surface area contributed by atoms with Gasteiger partial charge in [0.15, 0.2) is 5.96 Å². The van der Waals surface area contributed by atoms with Gasteiger partial charge in [-0.3, -0.25) is 29.6 Å². The molecule has 0 aliphatic carbocycles. The Labute approximate surface area is 225 Å². The van der Waals surface area contributed by atoms with Crippen molar-refractivity contribution in [2.45, 2.75) is 43.7 Å². The van der Waals surface area contributed by atoms with Crippen molar-refractivity contribution >= 4 is 35.5 Å². The summed E-state index contributed by atoms with van der Waals surface area (Å²) in [6.45, 7) is 0.198. The lowest BCUT2D eigenvalue weighted by atomic mass is 9.90. The smallest absolute Gasteiger partial charge is 0.305 e. The molecule has 13 heteroatoms. The van der Waals surface area contributed by atoms with E-state index in [4.69, 9.17) is 28.3 Å². The molecule has 0 aromatic heterocycles. The Hall–Kier alpha value is -4.94. The summed E-state index contributed by atoms with van der Waals surface area (Å²) >= 11 is 0. The van der Waals surface area contributed by atoms with Crippen molar-refractivity contribution in [1.29, 1.82) is 5.41 Å². The third-order valence-electron chi connectivity index (χ3n) is 5.84. The topological polar surface area (TPSA) is 253 Å². The third-order valence-corrected chi connectivity index (χ3v) is 5.84. The molecule has 0 aliphatic heterocycles. The lowest BCUT2D eigenvalue weighted by Gasteiger charge is -2.24. The minimum atomic E-state index is -1.47. The van der Waals surface area contributed by atoms with Gasteiger partial charge in [0.1, 0.15) is 17.9 Å². The Bertz CT molecular complexity index is 1200. The molecule has 13 nitrogen and oxygen atoms in total. The summed E-state index contributed by atoms with van der Waals surface area (Å²) in [4.78, 5) is 53.6. The van der Waals surface area contributed by atoms with Crippen LogP contribution in [0.3, 0.4) is 0 Å². The van der Waals surface area contributed by atoms with Gasteiger partial charge in [0.2, 0.25) is 17.7 Å². The molecule has 0 aliphatic rings. The van der Waals surface area contributed by atoms with Gasteiger partial charge in [-0.2, -0.15) is 0 Å². The van der Waals surface area contributed by atoms with E-state index in [-0.39, 0.29) is 31.2 Å². The van der Waals surface area contributed by atoms with Crippen LogP contribution in [0.2, 0.25) is 0 Å². The highest BCUT2D eigenvalue weighted by molar-refractivity contribution is 5.96. The van der Waals surface area contributed by atoms with E-state index < -0.39 is 48.1 Å². The standard InChI is InChI=1S/C26H34N8O5/c27-22(28)17-10-8-15(9-11-17)13-18(16-5-2-1-3-6-16)24(38)34-20(14-21(35)36)25(39)33-19(23(29)37)7-4-12-32-26(30)31/h1-3,5-6,8-11,18-20H,4,7,12-14H2,(H3,27,28)(H2,29,37)(H,33,39)(H,34,38)(H,35,36)(H4,30,31,32)/t18-,19+,20+/m1/s1. The number of hydrogen-bond donors (Lipinski definition) is 8. The second kappa shape index (κ2) is 14.7. The largest absolute Gasteiger partial charge is 0.481 e. The molecule has 0 saturated carbocycles. The van der Waals surface area contributed by atoms with Gasteiger partial charge in [0, 0.05) is 12.1 Å². The van der Waals surface area contributed by atoms with E-state index in [0.717, 1.165) is 5.56 Å². The lowest BCUT2D eigenvalue weighted by molar-refractivity contribution is -0.141. The number of nitrogen functional groups attached to an aromatic ring is 1. The van der Waals surface area contributed by atoms with E-state index in [1.807, 2.05) is 0 Å². The van der Waals surface area contributed by atoms with E-state index in [1.54, 1.807) is 54.6 Å². The highest BCUT2D eigenvalue weighted by Crippen LogP contribution is 2.22. The molecule has 2 aromatic carbocycles. The van der Waals surface area contributed by atoms with Gasteiger partial charge < -0.3 is 38.7 Å². The normalized spacial score (nSPS) is 12.8. The number of carboxylic acid groups (broad SMARTS) is 1. The van der Waals surface area contributed by atoms with Crippen LogP contribution in [0.1, 0.15) is 41.9 Å². The number of carbonyl (C=O) groups excluding carboxylic acids is 3. The Balaban J connectivity index is 2.23. The second-order valence-electron chi connectivity index (χ2n) is 8.85. The fourth-order valence-corrected chi connectivity index (χ4v) is 3.82. The number of aliphatic carboxylic acids is 1. The molecule has 12 N–H and O–H groups in total. The van der Waals surface area contributed by atoms with Crippen LogP contribution in [0.5, 0.6) is 0 Å². The number of amides is 3. The van der Waals surface area contributed by atoms with E-state index in [2.05, 4.69) is 15.6 Å². The van der Waals surface area contributed by atoms with Crippen LogP contribution in [0.4, 0.5) is 0 Å². The first-order valence-corrected chi connectivity index (χ1v) is 12.1. The Morgan fingerprint density at radius 3 is 2.03 bits per heavy atom. The minimum absolute atomic E-state index is 0.0908. The van der Waals surface area contributed by atoms with Crippen molar-refractivity contribution in [1.82, 2.24) is 10.6 Å². The molecule has 3 atom stereocenters. The maximum atomic E-state index is 13.4. The first kappa shape index (κ1) is 30.3. The predicted molar refractivity (Wildman–Crippen MR) is 146 cm³/mol. The summed E-state index contributed by atoms with van der Waals surface area (Å²) in [5, 5.41) is 21.9. The average molecular weight is 539 g/mol. The molecule has 3 amide bonds. The molecular formula is C26H34N8O5. The molecule has 39 heavy (non-hydrogen) atoms. The maximum absolute atomic E-state index is 13.4. The van der Waals surface area contributed by atoms with Gasteiger partial charge in [-0.1, -0.05) is 54.6 Å². The zero-order chi connectivity index (χ0) is 28.9. The van der Waals surface area contributed by atoms with Gasteiger partial charge in [0.05, 0.1) is 12.3 Å². The van der Waals surface area contributed by atoms with Crippen molar-refractivity contribution in [2.24, 2.45) is 27.9 Å². The van der Waals surface area contributed by atoms with Crippen LogP contribution in [0.25, 0.3) is 0 Å². The van der Waals surface area contributed by atoms with Crippen molar-refractivity contribution < 1.29 is 24.3 Å². The van der Waals surface area contributed by atoms with E-state index >= 15 is 0 Å². The van der Waals surface area contributed by atoms with E-state index in [9.17, 15) is 24.3 Å². The summed E-state index contributed by atoms with van der Waals surface area (Å²) < 4.78 is 0. The van der Waals surface area contributed by atoms with Crippen molar-refractivity contribution in [3.05, 3.63) is 71.3 Å². The fraction of sp³-hybridized carbons (Fsp3) is 0.308. The van der Waals surface area contributed by atoms with E-state index in [1.165, 1.54) is 0 Å². The molecule has 0 fully saturated rings. The second-order valence-corrected chi connectivity index (χ2v) is 8.85. The number of benzene rings is 2. The number of aliphatic imine (C=N–C) groups is 1. The van der Waals surface area contributed by atoms with Gasteiger partial charge in [0.25, 0.3) is 0 Å². The zero-order valence-electron chi connectivity index (χ0n) is 21.3. The summed E-state index contributed by atoms with van der Waals surface area (Å²) in [5.41, 5.74) is 23.4. The van der Waals surface area contributed by atoms with Crippen LogP contribution in [-0.4, -0.2) is 59.2 Å². The van der Waals surface area contributed by atoms with E-state index in [0.29, 0.717) is 17.5 Å². The van der Waals surface area contributed by atoms with Crippen LogP contribution < -0.4 is 33.6 Å². The first-order chi connectivity index (χ1) is 18.5. The number of nitrogens with zero attached hydrogens (tertiary/aromatic N) is 1. The Morgan fingerprint density at radius 1 is 0.872 bits per heavy atom. The van der Waals surface area contributed by atoms with Crippen LogP contribution >= 0.6 is 0 Å². The number of nitrogens with two attached hydrogens (primary N) is 4. The number of primary amides is 1. The number of rotatable bonds is 15. The van der Waals surface area contributed by atoms with Crippen molar-refractivity contribution in [2.75, 3.05) is 6.54 Å². The van der Waals surface area contributed by atoms with Crippen molar-refractivity contribution in [3.63, 3.8) is 0 Å². The molecule has 2 aromatic rings.